The maximum absolute atomic E-state index is 13.6. The van der Waals surface area contributed by atoms with E-state index in [-0.39, 0.29) is 5.56 Å². The third-order valence-electron chi connectivity index (χ3n) is 2.47. The molecule has 0 saturated heterocycles. The fraction of sp³-hybridized carbons (Fsp3) is 0.167. The molecule has 2 aromatic rings. The van der Waals surface area contributed by atoms with Crippen molar-refractivity contribution >= 4 is 38.9 Å². The van der Waals surface area contributed by atoms with Gasteiger partial charge in [-0.05, 0) is 23.9 Å². The maximum Gasteiger partial charge on any atom is 0.161 e. The summed E-state index contributed by atoms with van der Waals surface area (Å²) in [5.41, 5.74) is 0.891. The average Bonchev–Trinajstić information content (AvgIpc) is 2.64. The van der Waals surface area contributed by atoms with Crippen molar-refractivity contribution in [3.05, 3.63) is 56.0 Å². The van der Waals surface area contributed by atoms with Crippen molar-refractivity contribution in [2.75, 3.05) is 0 Å². The van der Waals surface area contributed by atoms with Crippen molar-refractivity contribution in [1.29, 1.82) is 0 Å². The summed E-state index contributed by atoms with van der Waals surface area (Å²) in [6.07, 6.45) is 0. The van der Waals surface area contributed by atoms with E-state index in [4.69, 9.17) is 11.6 Å². The zero-order chi connectivity index (χ0) is 13.4. The van der Waals surface area contributed by atoms with Gasteiger partial charge in [0, 0.05) is 16.5 Å². The number of thiophene rings is 1. The first-order valence-corrected chi connectivity index (χ1v) is 7.11. The molecule has 0 N–H and O–H groups in total. The first-order chi connectivity index (χ1) is 8.41. The number of aryl methyl sites for hydroxylation is 1. The highest BCUT2D eigenvalue weighted by Gasteiger charge is 2.22. The van der Waals surface area contributed by atoms with Gasteiger partial charge in [0.05, 0.1) is 9.85 Å². The van der Waals surface area contributed by atoms with Gasteiger partial charge in [0.15, 0.2) is 11.6 Å². The molecule has 2 rings (SSSR count). The fourth-order valence-electron chi connectivity index (χ4n) is 1.49. The maximum atomic E-state index is 13.6. The Bertz CT molecular complexity index is 597. The first-order valence-electron chi connectivity index (χ1n) is 4.93. The van der Waals surface area contributed by atoms with Crippen molar-refractivity contribution < 1.29 is 13.2 Å². The molecule has 18 heavy (non-hydrogen) atoms. The van der Waals surface area contributed by atoms with Crippen LogP contribution in [0, 0.1) is 24.4 Å². The Morgan fingerprint density at radius 1 is 1.17 bits per heavy atom. The topological polar surface area (TPSA) is 0 Å². The molecule has 1 aromatic carbocycles. The van der Waals surface area contributed by atoms with Gasteiger partial charge in [-0.2, -0.15) is 0 Å². The van der Waals surface area contributed by atoms with Gasteiger partial charge in [0.1, 0.15) is 5.82 Å². The van der Waals surface area contributed by atoms with E-state index in [2.05, 4.69) is 15.9 Å². The van der Waals surface area contributed by atoms with E-state index in [1.807, 2.05) is 12.3 Å². The van der Waals surface area contributed by atoms with Gasteiger partial charge in [0.2, 0.25) is 0 Å². The van der Waals surface area contributed by atoms with Crippen LogP contribution in [0.25, 0.3) is 0 Å². The standard InChI is InChI=1S/C12H7BrClF3S/c1-5-4-18-12(11(5)14)10(13)6-2-8(16)9(17)3-7(6)15/h2-4,10H,1H3. The molecule has 0 aliphatic rings. The molecule has 0 aliphatic heterocycles. The highest BCUT2D eigenvalue weighted by Crippen LogP contribution is 2.41. The Hall–Kier alpha value is -0.520. The van der Waals surface area contributed by atoms with Crippen molar-refractivity contribution in [3.8, 4) is 0 Å². The number of rotatable bonds is 2. The van der Waals surface area contributed by atoms with E-state index in [0.717, 1.165) is 11.6 Å². The molecule has 0 radical (unpaired) electrons. The van der Waals surface area contributed by atoms with Crippen LogP contribution < -0.4 is 0 Å². The quantitative estimate of drug-likeness (QED) is 0.485. The summed E-state index contributed by atoms with van der Waals surface area (Å²) in [5.74, 6) is -3.09. The van der Waals surface area contributed by atoms with E-state index in [9.17, 15) is 13.2 Å². The van der Waals surface area contributed by atoms with E-state index in [0.29, 0.717) is 16.0 Å². The molecule has 0 aliphatic carbocycles. The Balaban J connectivity index is 2.49. The van der Waals surface area contributed by atoms with Crippen LogP contribution in [0.5, 0.6) is 0 Å². The minimum absolute atomic E-state index is 0.0256. The number of benzene rings is 1. The third-order valence-corrected chi connectivity index (χ3v) is 5.50. The van der Waals surface area contributed by atoms with Gasteiger partial charge in [-0.25, -0.2) is 13.2 Å². The summed E-state index contributed by atoms with van der Waals surface area (Å²) in [6, 6.07) is 1.38. The summed E-state index contributed by atoms with van der Waals surface area (Å²) in [6.45, 7) is 1.82. The zero-order valence-electron chi connectivity index (χ0n) is 9.11. The Labute approximate surface area is 120 Å². The monoisotopic (exact) mass is 354 g/mol. The number of hydrogen-bond donors (Lipinski definition) is 0. The van der Waals surface area contributed by atoms with Gasteiger partial charge in [-0.3, -0.25) is 0 Å². The molecular formula is C12H7BrClF3S. The van der Waals surface area contributed by atoms with Crippen LogP contribution in [0.2, 0.25) is 5.02 Å². The van der Waals surface area contributed by atoms with E-state index in [1.165, 1.54) is 11.3 Å². The second-order valence-corrected chi connectivity index (χ2v) is 5.95. The van der Waals surface area contributed by atoms with Crippen molar-refractivity contribution in [2.45, 2.75) is 11.8 Å². The lowest BCUT2D eigenvalue weighted by molar-refractivity contribution is 0.491. The minimum Gasteiger partial charge on any atom is -0.207 e. The molecule has 0 fully saturated rings. The number of alkyl halides is 1. The van der Waals surface area contributed by atoms with Crippen molar-refractivity contribution in [2.24, 2.45) is 0 Å². The average molecular weight is 356 g/mol. The molecule has 96 valence electrons. The summed E-state index contributed by atoms with van der Waals surface area (Å²) >= 11 is 10.7. The summed E-state index contributed by atoms with van der Waals surface area (Å²) in [7, 11) is 0. The molecular weight excluding hydrogens is 349 g/mol. The SMILES string of the molecule is Cc1csc(C(Br)c2cc(F)c(F)cc2F)c1Cl. The molecule has 0 bridgehead atoms. The van der Waals surface area contributed by atoms with Crippen LogP contribution in [-0.2, 0) is 0 Å². The van der Waals surface area contributed by atoms with Crippen molar-refractivity contribution in [1.82, 2.24) is 0 Å². The van der Waals surface area contributed by atoms with Crippen LogP contribution in [0.1, 0.15) is 20.8 Å². The molecule has 6 heteroatoms. The van der Waals surface area contributed by atoms with Crippen LogP contribution in [-0.4, -0.2) is 0 Å². The van der Waals surface area contributed by atoms with Crippen molar-refractivity contribution in [3.63, 3.8) is 0 Å². The van der Waals surface area contributed by atoms with Gasteiger partial charge in [0.25, 0.3) is 0 Å². The third kappa shape index (κ3) is 2.44. The van der Waals surface area contributed by atoms with E-state index >= 15 is 0 Å². The Morgan fingerprint density at radius 3 is 2.33 bits per heavy atom. The van der Waals surface area contributed by atoms with Crippen LogP contribution in [0.3, 0.4) is 0 Å². The lowest BCUT2D eigenvalue weighted by atomic mass is 10.1. The lowest BCUT2D eigenvalue weighted by Gasteiger charge is -2.11. The Morgan fingerprint density at radius 2 is 1.78 bits per heavy atom. The predicted octanol–water partition coefficient (Wildman–Crippen LogP) is 5.61. The molecule has 1 aromatic heterocycles. The van der Waals surface area contributed by atoms with Gasteiger partial charge in [-0.1, -0.05) is 27.5 Å². The fourth-order valence-corrected chi connectivity index (χ4v) is 3.82. The predicted molar refractivity (Wildman–Crippen MR) is 71.2 cm³/mol. The second-order valence-electron chi connectivity index (χ2n) is 3.75. The second kappa shape index (κ2) is 5.23. The molecule has 0 nitrogen and oxygen atoms in total. The molecule has 0 spiro atoms. The Kier molecular flexibility index (Phi) is 4.04. The van der Waals surface area contributed by atoms with Crippen LogP contribution in [0.15, 0.2) is 17.5 Å². The molecule has 1 atom stereocenters. The molecule has 1 unspecified atom stereocenters. The van der Waals surface area contributed by atoms with Gasteiger partial charge in [-0.15, -0.1) is 11.3 Å². The number of hydrogen-bond acceptors (Lipinski definition) is 1. The highest BCUT2D eigenvalue weighted by atomic mass is 79.9. The summed E-state index contributed by atoms with van der Waals surface area (Å²) < 4.78 is 39.6. The largest absolute Gasteiger partial charge is 0.207 e. The molecule has 0 saturated carbocycles. The smallest absolute Gasteiger partial charge is 0.161 e. The summed E-state index contributed by atoms with van der Waals surface area (Å²) in [4.78, 5) is 0.0675. The van der Waals surface area contributed by atoms with Crippen LogP contribution >= 0.6 is 38.9 Å². The van der Waals surface area contributed by atoms with E-state index < -0.39 is 22.3 Å². The minimum atomic E-state index is -1.20. The zero-order valence-corrected chi connectivity index (χ0v) is 12.3. The molecule has 1 heterocycles. The van der Waals surface area contributed by atoms with E-state index in [1.54, 1.807) is 0 Å². The van der Waals surface area contributed by atoms with Gasteiger partial charge < -0.3 is 0 Å². The summed E-state index contributed by atoms with van der Waals surface area (Å²) in [5, 5.41) is 2.33. The molecule has 0 amide bonds. The van der Waals surface area contributed by atoms with Gasteiger partial charge >= 0.3 is 0 Å². The highest BCUT2D eigenvalue weighted by molar-refractivity contribution is 9.09. The number of halogens is 5. The van der Waals surface area contributed by atoms with Crippen LogP contribution in [0.4, 0.5) is 13.2 Å². The first kappa shape index (κ1) is 13.9. The lowest BCUT2D eigenvalue weighted by Crippen LogP contribution is -1.99. The normalized spacial score (nSPS) is 12.8.